The van der Waals surface area contributed by atoms with Crippen molar-refractivity contribution in [3.8, 4) is 0 Å². The molecular weight excluding hydrogens is 136 g/mol. The van der Waals surface area contributed by atoms with Crippen LogP contribution in [-0.2, 0) is 0 Å². The number of rotatable bonds is 6. The van der Waals surface area contributed by atoms with E-state index >= 15 is 0 Å². The van der Waals surface area contributed by atoms with E-state index < -0.39 is 0 Å². The highest BCUT2D eigenvalue weighted by molar-refractivity contribution is 4.88. The minimum atomic E-state index is 1.03. The summed E-state index contributed by atoms with van der Waals surface area (Å²) in [7, 11) is 4.18. The van der Waals surface area contributed by atoms with Gasteiger partial charge < -0.3 is 10.2 Å². The first-order valence-electron chi connectivity index (χ1n) is 4.23. The molecular formula is C9H20N2. The molecule has 0 bridgehead atoms. The van der Waals surface area contributed by atoms with Crippen molar-refractivity contribution in [3.63, 3.8) is 0 Å². The van der Waals surface area contributed by atoms with E-state index in [0.717, 1.165) is 25.2 Å². The zero-order valence-electron chi connectivity index (χ0n) is 7.98. The molecule has 0 saturated carbocycles. The number of allylic oxidation sites excluding steroid dienone is 1. The summed E-state index contributed by atoms with van der Waals surface area (Å²) in [4.78, 5) is 2.19. The number of nitrogens with one attached hydrogen (secondary N) is 1. The van der Waals surface area contributed by atoms with Gasteiger partial charge in [-0.05, 0) is 33.5 Å². The van der Waals surface area contributed by atoms with E-state index in [1.807, 2.05) is 0 Å². The highest BCUT2D eigenvalue weighted by atomic mass is 15.1. The lowest BCUT2D eigenvalue weighted by atomic mass is 10.3. The standard InChI is InChI=1S/C9H20N2/c1-5-9(2)10-7-6-8-11(3)4/h10H,2,5-8H2,1,3-4H3. The minimum absolute atomic E-state index is 1.03. The second kappa shape index (κ2) is 6.23. The van der Waals surface area contributed by atoms with E-state index in [1.54, 1.807) is 0 Å². The Kier molecular flexibility index (Phi) is 5.94. The number of nitrogens with zero attached hydrogens (tertiary/aromatic N) is 1. The zero-order valence-corrected chi connectivity index (χ0v) is 7.98. The first-order valence-corrected chi connectivity index (χ1v) is 4.23. The third kappa shape index (κ3) is 7.40. The summed E-state index contributed by atoms with van der Waals surface area (Å²) in [6, 6.07) is 0. The molecule has 0 aromatic rings. The molecule has 2 nitrogen and oxygen atoms in total. The Morgan fingerprint density at radius 3 is 2.55 bits per heavy atom. The Morgan fingerprint density at radius 2 is 2.09 bits per heavy atom. The molecule has 0 aliphatic rings. The average Bonchev–Trinajstić information content (AvgIpc) is 1.97. The smallest absolute Gasteiger partial charge is 0.0155 e. The van der Waals surface area contributed by atoms with Gasteiger partial charge in [-0.25, -0.2) is 0 Å². The van der Waals surface area contributed by atoms with E-state index in [-0.39, 0.29) is 0 Å². The molecule has 0 amide bonds. The van der Waals surface area contributed by atoms with Crippen molar-refractivity contribution < 1.29 is 0 Å². The Labute approximate surface area is 70.3 Å². The normalized spacial score (nSPS) is 10.2. The van der Waals surface area contributed by atoms with Gasteiger partial charge in [0.25, 0.3) is 0 Å². The molecule has 66 valence electrons. The van der Waals surface area contributed by atoms with E-state index in [4.69, 9.17) is 0 Å². The summed E-state index contributed by atoms with van der Waals surface area (Å²) < 4.78 is 0. The van der Waals surface area contributed by atoms with Crippen LogP contribution in [0, 0.1) is 0 Å². The third-order valence-electron chi connectivity index (χ3n) is 1.58. The van der Waals surface area contributed by atoms with E-state index in [0.29, 0.717) is 0 Å². The quantitative estimate of drug-likeness (QED) is 0.586. The van der Waals surface area contributed by atoms with Crippen LogP contribution in [-0.4, -0.2) is 32.1 Å². The average molecular weight is 156 g/mol. The molecule has 0 heterocycles. The summed E-state index contributed by atoms with van der Waals surface area (Å²) in [5.41, 5.74) is 1.14. The van der Waals surface area contributed by atoms with Gasteiger partial charge in [0.15, 0.2) is 0 Å². The van der Waals surface area contributed by atoms with E-state index in [2.05, 4.69) is 37.8 Å². The molecule has 0 aliphatic heterocycles. The van der Waals surface area contributed by atoms with Crippen LogP contribution in [0.2, 0.25) is 0 Å². The van der Waals surface area contributed by atoms with E-state index in [9.17, 15) is 0 Å². The molecule has 2 heteroatoms. The Morgan fingerprint density at radius 1 is 1.45 bits per heavy atom. The second-order valence-corrected chi connectivity index (χ2v) is 3.04. The van der Waals surface area contributed by atoms with Gasteiger partial charge in [-0.1, -0.05) is 13.5 Å². The Balaban J connectivity index is 3.08. The van der Waals surface area contributed by atoms with Gasteiger partial charge in [0.2, 0.25) is 0 Å². The van der Waals surface area contributed by atoms with Crippen LogP contribution in [0.1, 0.15) is 19.8 Å². The first-order chi connectivity index (χ1) is 5.16. The summed E-state index contributed by atoms with van der Waals surface area (Å²) >= 11 is 0. The molecule has 0 aliphatic carbocycles. The van der Waals surface area contributed by atoms with Crippen molar-refractivity contribution in [2.75, 3.05) is 27.2 Å². The Hall–Kier alpha value is -0.500. The predicted molar refractivity (Wildman–Crippen MR) is 50.6 cm³/mol. The lowest BCUT2D eigenvalue weighted by Crippen LogP contribution is -2.20. The fraction of sp³-hybridized carbons (Fsp3) is 0.778. The number of hydrogen-bond donors (Lipinski definition) is 1. The Bertz CT molecular complexity index is 108. The molecule has 11 heavy (non-hydrogen) atoms. The maximum absolute atomic E-state index is 3.87. The predicted octanol–water partition coefficient (Wildman–Crippen LogP) is 1.45. The van der Waals surface area contributed by atoms with Crippen molar-refractivity contribution in [2.24, 2.45) is 0 Å². The van der Waals surface area contributed by atoms with Crippen LogP contribution in [0.25, 0.3) is 0 Å². The first kappa shape index (κ1) is 10.5. The maximum Gasteiger partial charge on any atom is 0.0155 e. The maximum atomic E-state index is 3.87. The SMILES string of the molecule is C=C(CC)NCCCN(C)C. The molecule has 0 fully saturated rings. The fourth-order valence-electron chi connectivity index (χ4n) is 0.785. The van der Waals surface area contributed by atoms with Crippen molar-refractivity contribution in [1.29, 1.82) is 0 Å². The summed E-state index contributed by atoms with van der Waals surface area (Å²) in [6.45, 7) is 8.17. The monoisotopic (exact) mass is 156 g/mol. The highest BCUT2D eigenvalue weighted by Crippen LogP contribution is 1.90. The van der Waals surface area contributed by atoms with E-state index in [1.165, 1.54) is 6.42 Å². The molecule has 0 radical (unpaired) electrons. The molecule has 0 saturated heterocycles. The lowest BCUT2D eigenvalue weighted by molar-refractivity contribution is 0.397. The van der Waals surface area contributed by atoms with Crippen molar-refractivity contribution in [3.05, 3.63) is 12.3 Å². The van der Waals surface area contributed by atoms with Crippen molar-refractivity contribution in [1.82, 2.24) is 10.2 Å². The summed E-state index contributed by atoms with van der Waals surface area (Å²) in [5, 5.41) is 3.27. The van der Waals surface area contributed by atoms with Crippen LogP contribution in [0.5, 0.6) is 0 Å². The molecule has 0 aromatic heterocycles. The third-order valence-corrected chi connectivity index (χ3v) is 1.58. The topological polar surface area (TPSA) is 15.3 Å². The molecule has 1 N–H and O–H groups in total. The fourth-order valence-corrected chi connectivity index (χ4v) is 0.785. The van der Waals surface area contributed by atoms with Gasteiger partial charge in [0, 0.05) is 12.2 Å². The van der Waals surface area contributed by atoms with Crippen LogP contribution in [0.15, 0.2) is 12.3 Å². The molecule has 0 spiro atoms. The lowest BCUT2D eigenvalue weighted by Gasteiger charge is -2.10. The largest absolute Gasteiger partial charge is 0.389 e. The van der Waals surface area contributed by atoms with Crippen LogP contribution in [0.3, 0.4) is 0 Å². The van der Waals surface area contributed by atoms with Crippen molar-refractivity contribution in [2.45, 2.75) is 19.8 Å². The molecule has 0 aromatic carbocycles. The zero-order chi connectivity index (χ0) is 8.69. The van der Waals surface area contributed by atoms with Crippen LogP contribution in [0.4, 0.5) is 0 Å². The second-order valence-electron chi connectivity index (χ2n) is 3.04. The molecule has 0 atom stereocenters. The van der Waals surface area contributed by atoms with Gasteiger partial charge >= 0.3 is 0 Å². The van der Waals surface area contributed by atoms with Gasteiger partial charge in [-0.3, -0.25) is 0 Å². The van der Waals surface area contributed by atoms with Gasteiger partial charge in [-0.15, -0.1) is 0 Å². The minimum Gasteiger partial charge on any atom is -0.389 e. The summed E-state index contributed by atoms with van der Waals surface area (Å²) in [5.74, 6) is 0. The van der Waals surface area contributed by atoms with Crippen LogP contribution < -0.4 is 5.32 Å². The van der Waals surface area contributed by atoms with Crippen LogP contribution >= 0.6 is 0 Å². The highest BCUT2D eigenvalue weighted by Gasteiger charge is 1.90. The summed E-state index contributed by atoms with van der Waals surface area (Å²) in [6.07, 6.45) is 2.22. The molecule has 0 rings (SSSR count). The van der Waals surface area contributed by atoms with Gasteiger partial charge in [0.1, 0.15) is 0 Å². The molecule has 0 unspecified atom stereocenters. The van der Waals surface area contributed by atoms with Gasteiger partial charge in [0.05, 0.1) is 0 Å². The van der Waals surface area contributed by atoms with Crippen molar-refractivity contribution >= 4 is 0 Å². The number of hydrogen-bond acceptors (Lipinski definition) is 2. The van der Waals surface area contributed by atoms with Gasteiger partial charge in [-0.2, -0.15) is 0 Å².